The number of carbonyl (C=O) groups excluding carboxylic acids is 4. The fourth-order valence-corrected chi connectivity index (χ4v) is 8.19. The second kappa shape index (κ2) is 24.8. The summed E-state index contributed by atoms with van der Waals surface area (Å²) in [5.74, 6) is -7.10. The summed E-state index contributed by atoms with van der Waals surface area (Å²) in [6.07, 6.45) is -31.4. The van der Waals surface area contributed by atoms with Crippen LogP contribution in [-0.4, -0.2) is 236 Å². The van der Waals surface area contributed by atoms with Crippen LogP contribution in [0.5, 0.6) is 11.5 Å². The minimum atomic E-state index is -2.70. The number of hydrogen-bond donors (Lipinski definition) is 11. The summed E-state index contributed by atoms with van der Waals surface area (Å²) in [6, 6.07) is 11.4. The van der Waals surface area contributed by atoms with Gasteiger partial charge in [0.15, 0.2) is 54.8 Å². The Bertz CT molecular complexity index is 2160. The number of hydrogen-bond acceptors (Lipinski definition) is 27. The zero-order chi connectivity index (χ0) is 52.6. The first kappa shape index (κ1) is 56.3. The molecule has 72 heavy (non-hydrogen) atoms. The van der Waals surface area contributed by atoms with Crippen LogP contribution in [-0.2, 0) is 66.5 Å². The molecule has 19 unspecified atom stereocenters. The number of aromatic hydroxyl groups is 1. The van der Waals surface area contributed by atoms with Crippen molar-refractivity contribution in [1.82, 2.24) is 0 Å². The fraction of sp³-hybridized carbons (Fsp3) is 0.600. The predicted octanol–water partition coefficient (Wildman–Crippen LogP) is -4.76. The molecule has 4 fully saturated rings. The summed E-state index contributed by atoms with van der Waals surface area (Å²) in [5.41, 5.74) is 0.305. The third kappa shape index (κ3) is 12.8. The number of carbonyl (C=O) groups is 4. The number of aliphatic hydroxyl groups excluding tert-OH is 10. The lowest BCUT2D eigenvalue weighted by molar-refractivity contribution is -0.388. The lowest BCUT2D eigenvalue weighted by Gasteiger charge is -2.46. The predicted molar refractivity (Wildman–Crippen MR) is 230 cm³/mol. The van der Waals surface area contributed by atoms with Gasteiger partial charge in [0, 0.05) is 19.9 Å². The first-order valence-electron chi connectivity index (χ1n) is 22.3. The molecule has 400 valence electrons. The van der Waals surface area contributed by atoms with Crippen molar-refractivity contribution in [3.63, 3.8) is 0 Å². The van der Waals surface area contributed by atoms with Crippen molar-refractivity contribution < 1.29 is 132 Å². The average molecular weight is 1030 g/mol. The lowest BCUT2D eigenvalue weighted by Crippen LogP contribution is -2.65. The van der Waals surface area contributed by atoms with Crippen LogP contribution in [0, 0.1) is 0 Å². The lowest BCUT2D eigenvalue weighted by atomic mass is 9.97. The number of benzene rings is 2. The number of methoxy groups -OCH3 is 1. The Morgan fingerprint density at radius 2 is 1.22 bits per heavy atom. The first-order chi connectivity index (χ1) is 34.2. The number of aliphatic hydroxyl groups is 10. The van der Waals surface area contributed by atoms with Crippen LogP contribution in [0.1, 0.15) is 29.8 Å². The van der Waals surface area contributed by atoms with Gasteiger partial charge in [0.2, 0.25) is 5.79 Å². The van der Waals surface area contributed by atoms with Crippen LogP contribution >= 0.6 is 0 Å². The van der Waals surface area contributed by atoms with Crippen molar-refractivity contribution in [2.45, 2.75) is 130 Å². The van der Waals surface area contributed by atoms with Gasteiger partial charge in [0.25, 0.3) is 0 Å². The maximum atomic E-state index is 13.6. The zero-order valence-corrected chi connectivity index (χ0v) is 38.7. The van der Waals surface area contributed by atoms with Crippen molar-refractivity contribution >= 4 is 30.0 Å². The maximum absolute atomic E-state index is 13.6. The first-order valence-corrected chi connectivity index (χ1v) is 22.3. The van der Waals surface area contributed by atoms with Gasteiger partial charge in [-0.25, -0.2) is 9.59 Å². The molecule has 2 aromatic rings. The smallest absolute Gasteiger partial charge is 0.338 e. The highest BCUT2D eigenvalue weighted by atomic mass is 16.8. The van der Waals surface area contributed by atoms with Crippen LogP contribution in [0.15, 0.2) is 54.6 Å². The third-order valence-corrected chi connectivity index (χ3v) is 11.9. The fourth-order valence-electron chi connectivity index (χ4n) is 8.19. The molecular weight excluding hydrogens is 972 g/mol. The Labute approximate surface area is 409 Å². The molecular formula is C45H58O27. The van der Waals surface area contributed by atoms with Crippen molar-refractivity contribution in [2.75, 3.05) is 40.1 Å². The van der Waals surface area contributed by atoms with Crippen LogP contribution in [0.4, 0.5) is 0 Å². The van der Waals surface area contributed by atoms with Crippen molar-refractivity contribution in [1.29, 1.82) is 0 Å². The van der Waals surface area contributed by atoms with E-state index in [9.17, 15) is 75.3 Å². The van der Waals surface area contributed by atoms with E-state index in [0.717, 1.165) is 19.9 Å². The second-order valence-corrected chi connectivity index (χ2v) is 16.8. The van der Waals surface area contributed by atoms with Crippen molar-refractivity contribution in [3.05, 3.63) is 65.7 Å². The molecule has 27 heteroatoms. The molecule has 0 amide bonds. The Kier molecular flexibility index (Phi) is 19.4. The summed E-state index contributed by atoms with van der Waals surface area (Å²) in [4.78, 5) is 51.7. The zero-order valence-electron chi connectivity index (χ0n) is 38.7. The molecule has 6 rings (SSSR count). The summed E-state index contributed by atoms with van der Waals surface area (Å²) < 4.78 is 67.5. The SMILES string of the molecule is COc1cc(C=CC(=O)OC2C(O)C(CO)OC2(CO)OC2OC(COC3OC(COC4OC(CO)C(O)C(O)C4O)C(O)C(OC(C)=O)C3O)C(OC(=O)c3ccccc3)C(OC(C)=O)C2O)ccc1O. The van der Waals surface area contributed by atoms with Gasteiger partial charge in [0.1, 0.15) is 73.8 Å². The van der Waals surface area contributed by atoms with Crippen LogP contribution < -0.4 is 4.74 Å². The highest BCUT2D eigenvalue weighted by Gasteiger charge is 2.62. The monoisotopic (exact) mass is 1030 g/mol. The van der Waals surface area contributed by atoms with Crippen molar-refractivity contribution in [2.24, 2.45) is 0 Å². The van der Waals surface area contributed by atoms with E-state index in [4.69, 9.17) is 56.8 Å². The molecule has 0 spiro atoms. The van der Waals surface area contributed by atoms with Crippen LogP contribution in [0.3, 0.4) is 0 Å². The molecule has 19 atom stereocenters. The van der Waals surface area contributed by atoms with Gasteiger partial charge in [-0.05, 0) is 35.9 Å². The number of rotatable bonds is 19. The molecule has 27 nitrogen and oxygen atoms in total. The van der Waals surface area contributed by atoms with E-state index in [1.807, 2.05) is 0 Å². The molecule has 4 aliphatic rings. The normalized spacial score (nSPS) is 36.9. The summed E-state index contributed by atoms with van der Waals surface area (Å²) in [6.45, 7) is -2.82. The number of phenols is 1. The van der Waals surface area contributed by atoms with E-state index in [0.29, 0.717) is 5.56 Å². The number of ether oxygens (including phenoxy) is 12. The number of esters is 4. The van der Waals surface area contributed by atoms with Crippen molar-refractivity contribution in [3.8, 4) is 11.5 Å². The highest BCUT2D eigenvalue weighted by molar-refractivity contribution is 5.89. The van der Waals surface area contributed by atoms with E-state index in [2.05, 4.69) is 0 Å². The Balaban J connectivity index is 1.29. The van der Waals surface area contributed by atoms with Gasteiger partial charge in [-0.15, -0.1) is 0 Å². The molecule has 0 bridgehead atoms. The van der Waals surface area contributed by atoms with Gasteiger partial charge in [0.05, 0.1) is 39.1 Å². The van der Waals surface area contributed by atoms with Crippen LogP contribution in [0.2, 0.25) is 0 Å². The molecule has 0 radical (unpaired) electrons. The summed E-state index contributed by atoms with van der Waals surface area (Å²) >= 11 is 0. The Morgan fingerprint density at radius 3 is 1.85 bits per heavy atom. The minimum Gasteiger partial charge on any atom is -0.504 e. The molecule has 2 aromatic carbocycles. The van der Waals surface area contributed by atoms with Gasteiger partial charge in [-0.3, -0.25) is 9.59 Å². The summed E-state index contributed by atoms with van der Waals surface area (Å²) in [5, 5.41) is 117. The molecule has 4 heterocycles. The summed E-state index contributed by atoms with van der Waals surface area (Å²) in [7, 11) is 1.30. The van der Waals surface area contributed by atoms with Gasteiger partial charge in [-0.2, -0.15) is 0 Å². The highest BCUT2D eigenvalue weighted by Crippen LogP contribution is 2.40. The number of phenolic OH excluding ortho intramolecular Hbond substituents is 1. The topological polar surface area (TPSA) is 402 Å². The molecule has 0 aromatic heterocycles. The van der Waals surface area contributed by atoms with Gasteiger partial charge < -0.3 is 113 Å². The third-order valence-electron chi connectivity index (χ3n) is 11.9. The standard InChI is InChI=1S/C45H58O27/c1-19(49)64-38-31(54)27(16-62-42-34(57)33(56)30(53)25(14-46)66-42)67-43(35(38)58)63-17-28-37(70-41(60)22-7-5-4-6-8-22)39(65-20(2)50)36(59)44(68-28)72-45(18-48)40(32(55)26(15-47)71-45)69-29(52)12-10-21-9-11-23(51)24(13-21)61-3/h4-13,25-28,30-40,42-44,46-48,51,53-59H,14-18H2,1-3H3. The molecule has 11 N–H and O–H groups in total. The largest absolute Gasteiger partial charge is 0.504 e. The van der Waals surface area contributed by atoms with E-state index in [-0.39, 0.29) is 17.1 Å². The maximum Gasteiger partial charge on any atom is 0.338 e. The average Bonchev–Trinajstić information content (AvgIpc) is 3.62. The van der Waals surface area contributed by atoms with E-state index in [1.165, 1.54) is 55.7 Å². The van der Waals surface area contributed by atoms with Gasteiger partial charge in [-0.1, -0.05) is 24.3 Å². The second-order valence-electron chi connectivity index (χ2n) is 16.8. The quantitative estimate of drug-likeness (QED) is 0.0357. The Morgan fingerprint density at radius 1 is 0.625 bits per heavy atom. The molecule has 0 aliphatic carbocycles. The van der Waals surface area contributed by atoms with Crippen LogP contribution in [0.25, 0.3) is 6.08 Å². The Hall–Kier alpha value is -5.02. The van der Waals surface area contributed by atoms with E-state index < -0.39 is 173 Å². The molecule has 0 saturated carbocycles. The van der Waals surface area contributed by atoms with Gasteiger partial charge >= 0.3 is 23.9 Å². The minimum absolute atomic E-state index is 0.0380. The molecule has 4 aliphatic heterocycles. The van der Waals surface area contributed by atoms with E-state index in [1.54, 1.807) is 6.07 Å². The van der Waals surface area contributed by atoms with E-state index >= 15 is 0 Å². The molecule has 4 saturated heterocycles.